The monoisotopic (exact) mass is 282 g/mol. The number of aryl methyl sites for hydroxylation is 1. The van der Waals surface area contributed by atoms with Crippen LogP contribution in [-0.4, -0.2) is 12.6 Å². The number of halogens is 1. The second-order valence-corrected chi connectivity index (χ2v) is 5.22. The molecule has 3 nitrogen and oxygen atoms in total. The summed E-state index contributed by atoms with van der Waals surface area (Å²) in [5.74, 6) is 0.522. The Balaban J connectivity index is 1.66. The number of anilines is 1. The number of fused-ring (bicyclic) bond motifs is 1. The van der Waals surface area contributed by atoms with Crippen molar-refractivity contribution in [3.8, 4) is 11.8 Å². The van der Waals surface area contributed by atoms with Gasteiger partial charge in [0.15, 0.2) is 0 Å². The number of hydrogen-bond donors (Lipinski definition) is 1. The molecule has 2 aromatic rings. The molecule has 0 spiro atoms. The number of nitriles is 1. The summed E-state index contributed by atoms with van der Waals surface area (Å²) in [4.78, 5) is 0. The quantitative estimate of drug-likeness (QED) is 0.938. The highest BCUT2D eigenvalue weighted by molar-refractivity contribution is 5.55. The summed E-state index contributed by atoms with van der Waals surface area (Å²) in [7, 11) is 0. The summed E-state index contributed by atoms with van der Waals surface area (Å²) < 4.78 is 19.0. The molecule has 1 heterocycles. The van der Waals surface area contributed by atoms with E-state index in [2.05, 4.69) is 11.4 Å². The van der Waals surface area contributed by atoms with Crippen LogP contribution in [0.3, 0.4) is 0 Å². The van der Waals surface area contributed by atoms with Crippen LogP contribution in [0, 0.1) is 24.1 Å². The second kappa shape index (κ2) is 5.45. The lowest BCUT2D eigenvalue weighted by atomic mass is 10.1. The molecule has 0 saturated carbocycles. The maximum atomic E-state index is 13.2. The Kier molecular flexibility index (Phi) is 3.49. The Morgan fingerprint density at radius 1 is 1.33 bits per heavy atom. The largest absolute Gasteiger partial charge is 0.488 e. The van der Waals surface area contributed by atoms with Gasteiger partial charge >= 0.3 is 0 Å². The van der Waals surface area contributed by atoms with Crippen LogP contribution >= 0.6 is 0 Å². The fourth-order valence-electron chi connectivity index (χ4n) is 2.51. The van der Waals surface area contributed by atoms with Crippen LogP contribution in [0.2, 0.25) is 0 Å². The zero-order valence-corrected chi connectivity index (χ0v) is 11.7. The van der Waals surface area contributed by atoms with E-state index in [0.717, 1.165) is 22.6 Å². The number of ether oxygens (including phenoxy) is 1. The van der Waals surface area contributed by atoms with E-state index in [4.69, 9.17) is 10.00 Å². The molecule has 1 atom stereocenters. The van der Waals surface area contributed by atoms with Crippen LogP contribution in [0.1, 0.15) is 16.7 Å². The Bertz CT molecular complexity index is 721. The summed E-state index contributed by atoms with van der Waals surface area (Å²) >= 11 is 0. The van der Waals surface area contributed by atoms with Crippen molar-refractivity contribution in [3.05, 3.63) is 58.9 Å². The van der Waals surface area contributed by atoms with Crippen molar-refractivity contribution in [1.29, 1.82) is 5.26 Å². The molecule has 0 radical (unpaired) electrons. The Morgan fingerprint density at radius 2 is 2.19 bits per heavy atom. The lowest BCUT2D eigenvalue weighted by molar-refractivity contribution is 0.246. The Morgan fingerprint density at radius 3 is 3.00 bits per heavy atom. The lowest BCUT2D eigenvalue weighted by Crippen LogP contribution is -2.24. The minimum Gasteiger partial charge on any atom is -0.488 e. The molecular formula is C17H15FN2O. The first-order valence-electron chi connectivity index (χ1n) is 6.85. The molecular weight excluding hydrogens is 267 g/mol. The molecule has 106 valence electrons. The number of nitrogens with one attached hydrogen (secondary N) is 1. The normalized spacial score (nSPS) is 16.0. The van der Waals surface area contributed by atoms with Gasteiger partial charge in [0.2, 0.25) is 0 Å². The van der Waals surface area contributed by atoms with Crippen LogP contribution < -0.4 is 10.1 Å². The SMILES string of the molecule is Cc1ccc(C#N)cc1NCC1Cc2cc(F)ccc2O1. The van der Waals surface area contributed by atoms with Crippen molar-refractivity contribution in [1.82, 2.24) is 0 Å². The van der Waals surface area contributed by atoms with Crippen LogP contribution in [0.4, 0.5) is 10.1 Å². The van der Waals surface area contributed by atoms with Gasteiger partial charge in [-0.2, -0.15) is 5.26 Å². The van der Waals surface area contributed by atoms with Gasteiger partial charge in [-0.05, 0) is 42.8 Å². The van der Waals surface area contributed by atoms with Gasteiger partial charge in [-0.1, -0.05) is 6.07 Å². The topological polar surface area (TPSA) is 45.0 Å². The number of rotatable bonds is 3. The van der Waals surface area contributed by atoms with E-state index in [9.17, 15) is 4.39 Å². The van der Waals surface area contributed by atoms with Crippen LogP contribution in [0.15, 0.2) is 36.4 Å². The third kappa shape index (κ3) is 2.82. The highest BCUT2D eigenvalue weighted by Crippen LogP contribution is 2.29. The van der Waals surface area contributed by atoms with E-state index in [1.54, 1.807) is 12.1 Å². The van der Waals surface area contributed by atoms with Crippen LogP contribution in [-0.2, 0) is 6.42 Å². The molecule has 1 aliphatic rings. The first-order chi connectivity index (χ1) is 10.2. The number of hydrogen-bond acceptors (Lipinski definition) is 3. The van der Waals surface area contributed by atoms with E-state index < -0.39 is 0 Å². The minimum atomic E-state index is -0.233. The Labute approximate surface area is 123 Å². The Hall–Kier alpha value is -2.54. The molecule has 0 amide bonds. The van der Waals surface area contributed by atoms with Gasteiger partial charge in [0.05, 0.1) is 18.2 Å². The minimum absolute atomic E-state index is 0.0214. The van der Waals surface area contributed by atoms with E-state index in [1.165, 1.54) is 12.1 Å². The van der Waals surface area contributed by atoms with Crippen molar-refractivity contribution < 1.29 is 9.13 Å². The summed E-state index contributed by atoms with van der Waals surface area (Å²) in [6, 6.07) is 12.3. The van der Waals surface area contributed by atoms with E-state index in [1.807, 2.05) is 19.1 Å². The van der Waals surface area contributed by atoms with Gasteiger partial charge in [0, 0.05) is 17.7 Å². The van der Waals surface area contributed by atoms with E-state index in [0.29, 0.717) is 18.5 Å². The molecule has 0 saturated heterocycles. The van der Waals surface area contributed by atoms with Crippen molar-refractivity contribution in [2.24, 2.45) is 0 Å². The van der Waals surface area contributed by atoms with Crippen LogP contribution in [0.5, 0.6) is 5.75 Å². The molecule has 1 unspecified atom stereocenters. The average Bonchev–Trinajstić information content (AvgIpc) is 2.88. The smallest absolute Gasteiger partial charge is 0.123 e. The first-order valence-corrected chi connectivity index (χ1v) is 6.85. The summed E-state index contributed by atoms with van der Waals surface area (Å²) in [5, 5.41) is 12.2. The van der Waals surface area contributed by atoms with Gasteiger partial charge in [-0.3, -0.25) is 0 Å². The maximum absolute atomic E-state index is 13.2. The highest BCUT2D eigenvalue weighted by atomic mass is 19.1. The van der Waals surface area contributed by atoms with Gasteiger partial charge in [0.25, 0.3) is 0 Å². The second-order valence-electron chi connectivity index (χ2n) is 5.22. The third-order valence-corrected chi connectivity index (χ3v) is 3.65. The summed E-state index contributed by atoms with van der Waals surface area (Å²) in [5.41, 5.74) is 3.54. The first kappa shape index (κ1) is 13.4. The molecule has 4 heteroatoms. The maximum Gasteiger partial charge on any atom is 0.123 e. The van der Waals surface area contributed by atoms with Gasteiger partial charge in [-0.15, -0.1) is 0 Å². The van der Waals surface area contributed by atoms with E-state index in [-0.39, 0.29) is 11.9 Å². The molecule has 3 rings (SSSR count). The lowest BCUT2D eigenvalue weighted by Gasteiger charge is -2.14. The summed E-state index contributed by atoms with van der Waals surface area (Å²) in [6.45, 7) is 2.61. The molecule has 2 aromatic carbocycles. The standard InChI is InChI=1S/C17H15FN2O/c1-11-2-3-12(9-19)6-16(11)20-10-15-8-13-7-14(18)4-5-17(13)21-15/h2-7,15,20H,8,10H2,1H3. The third-order valence-electron chi connectivity index (χ3n) is 3.65. The van der Waals surface area contributed by atoms with Crippen molar-refractivity contribution in [3.63, 3.8) is 0 Å². The molecule has 21 heavy (non-hydrogen) atoms. The van der Waals surface area contributed by atoms with Crippen LogP contribution in [0.25, 0.3) is 0 Å². The van der Waals surface area contributed by atoms with Gasteiger partial charge < -0.3 is 10.1 Å². The molecule has 1 N–H and O–H groups in total. The zero-order chi connectivity index (χ0) is 14.8. The fraction of sp³-hybridized carbons (Fsp3) is 0.235. The molecule has 0 fully saturated rings. The molecule has 0 bridgehead atoms. The number of benzene rings is 2. The predicted octanol–water partition coefficient (Wildman–Crippen LogP) is 3.42. The average molecular weight is 282 g/mol. The highest BCUT2D eigenvalue weighted by Gasteiger charge is 2.23. The summed E-state index contributed by atoms with van der Waals surface area (Å²) in [6.07, 6.45) is 0.670. The molecule has 0 aliphatic carbocycles. The van der Waals surface area contributed by atoms with Gasteiger partial charge in [0.1, 0.15) is 17.7 Å². The number of nitrogens with zero attached hydrogens (tertiary/aromatic N) is 1. The zero-order valence-electron chi connectivity index (χ0n) is 11.7. The van der Waals surface area contributed by atoms with Gasteiger partial charge in [-0.25, -0.2) is 4.39 Å². The van der Waals surface area contributed by atoms with E-state index >= 15 is 0 Å². The van der Waals surface area contributed by atoms with Crippen molar-refractivity contribution in [2.75, 3.05) is 11.9 Å². The van der Waals surface area contributed by atoms with Crippen molar-refractivity contribution >= 4 is 5.69 Å². The predicted molar refractivity (Wildman–Crippen MR) is 78.9 cm³/mol. The van der Waals surface area contributed by atoms with Crippen molar-refractivity contribution in [2.45, 2.75) is 19.4 Å². The fourth-order valence-corrected chi connectivity index (χ4v) is 2.51. The molecule has 1 aliphatic heterocycles. The molecule has 0 aromatic heterocycles.